The summed E-state index contributed by atoms with van der Waals surface area (Å²) in [6.07, 6.45) is 2.45. The molecule has 102 valence electrons. The molecule has 0 radical (unpaired) electrons. The Morgan fingerprint density at radius 3 is 2.75 bits per heavy atom. The van der Waals surface area contributed by atoms with Crippen LogP contribution in [0, 0.1) is 0 Å². The van der Waals surface area contributed by atoms with Gasteiger partial charge in [0.1, 0.15) is 12.2 Å². The molecule has 2 aromatic rings. The number of amides is 1. The van der Waals surface area contributed by atoms with E-state index in [1.165, 1.54) is 4.57 Å². The molecule has 0 unspecified atom stereocenters. The van der Waals surface area contributed by atoms with E-state index in [1.54, 1.807) is 23.2 Å². The maximum Gasteiger partial charge on any atom is 0.323 e. The molecule has 1 N–H and O–H groups in total. The van der Waals surface area contributed by atoms with Gasteiger partial charge in [-0.1, -0.05) is 18.2 Å². The Labute approximate surface area is 116 Å². The molecule has 5 heteroatoms. The van der Waals surface area contributed by atoms with Crippen molar-refractivity contribution in [3.8, 4) is 0 Å². The second-order valence-corrected chi connectivity index (χ2v) is 4.75. The first-order valence-corrected chi connectivity index (χ1v) is 6.43. The Balaban J connectivity index is 1.91. The molecule has 1 aliphatic rings. The number of hydrogen-bond acceptors (Lipinski definition) is 2. The second kappa shape index (κ2) is 4.85. The molecule has 1 aromatic carbocycles. The Morgan fingerprint density at radius 2 is 1.95 bits per heavy atom. The van der Waals surface area contributed by atoms with Crippen LogP contribution in [0.5, 0.6) is 0 Å². The highest BCUT2D eigenvalue weighted by molar-refractivity contribution is 6.06. The number of rotatable bonds is 3. The van der Waals surface area contributed by atoms with Crippen LogP contribution in [-0.2, 0) is 17.8 Å². The summed E-state index contributed by atoms with van der Waals surface area (Å²) >= 11 is 0. The third kappa shape index (κ3) is 2.07. The zero-order chi connectivity index (χ0) is 14.1. The van der Waals surface area contributed by atoms with E-state index >= 15 is 0 Å². The maximum absolute atomic E-state index is 12.6. The number of aromatic nitrogens is 1. The fourth-order valence-corrected chi connectivity index (χ4v) is 2.58. The fraction of sp³-hybridized carbons (Fsp3) is 0.200. The molecule has 3 rings (SSSR count). The first-order chi connectivity index (χ1) is 9.66. The van der Waals surface area contributed by atoms with E-state index in [2.05, 4.69) is 0 Å². The third-order valence-electron chi connectivity index (χ3n) is 3.49. The highest BCUT2D eigenvalue weighted by atomic mass is 16.4. The summed E-state index contributed by atoms with van der Waals surface area (Å²) in [5.74, 6) is -1.11. The Kier molecular flexibility index (Phi) is 3.02. The summed E-state index contributed by atoms with van der Waals surface area (Å²) in [5.41, 5.74) is 2.47. The molecular formula is C15H14N2O3. The number of benzene rings is 1. The first kappa shape index (κ1) is 12.5. The number of carboxylic acids is 1. The molecule has 0 fully saturated rings. The van der Waals surface area contributed by atoms with Gasteiger partial charge in [-0.2, -0.15) is 0 Å². The molecule has 0 saturated carbocycles. The van der Waals surface area contributed by atoms with E-state index in [9.17, 15) is 9.59 Å². The number of carbonyl (C=O) groups is 2. The van der Waals surface area contributed by atoms with E-state index < -0.39 is 5.97 Å². The number of anilines is 1. The Hall–Kier alpha value is -2.56. The van der Waals surface area contributed by atoms with E-state index in [0.29, 0.717) is 12.2 Å². The van der Waals surface area contributed by atoms with Gasteiger partial charge in [-0.25, -0.2) is 0 Å². The predicted octanol–water partition coefficient (Wildman–Crippen LogP) is 1.78. The van der Waals surface area contributed by atoms with E-state index in [4.69, 9.17) is 5.11 Å². The van der Waals surface area contributed by atoms with Crippen LogP contribution >= 0.6 is 0 Å². The number of fused-ring (bicyclic) bond motifs is 1. The summed E-state index contributed by atoms with van der Waals surface area (Å²) in [7, 11) is 0. The lowest BCUT2D eigenvalue weighted by Crippen LogP contribution is -2.31. The summed E-state index contributed by atoms with van der Waals surface area (Å²) in [5, 5.41) is 8.87. The summed E-state index contributed by atoms with van der Waals surface area (Å²) in [6.45, 7) is 0.431. The molecule has 2 heterocycles. The predicted molar refractivity (Wildman–Crippen MR) is 73.9 cm³/mol. The fourth-order valence-electron chi connectivity index (χ4n) is 2.58. The van der Waals surface area contributed by atoms with Crippen molar-refractivity contribution in [2.24, 2.45) is 0 Å². The van der Waals surface area contributed by atoms with Crippen LogP contribution in [-0.4, -0.2) is 28.1 Å². The van der Waals surface area contributed by atoms with Crippen molar-refractivity contribution < 1.29 is 14.7 Å². The number of nitrogens with zero attached hydrogens (tertiary/aromatic N) is 2. The van der Waals surface area contributed by atoms with Gasteiger partial charge in [-0.3, -0.25) is 9.59 Å². The summed E-state index contributed by atoms with van der Waals surface area (Å²) in [6, 6.07) is 11.1. The third-order valence-corrected chi connectivity index (χ3v) is 3.49. The van der Waals surface area contributed by atoms with E-state index in [0.717, 1.165) is 17.7 Å². The molecule has 0 bridgehead atoms. The van der Waals surface area contributed by atoms with Crippen LogP contribution in [0.3, 0.4) is 0 Å². The number of carbonyl (C=O) groups excluding carboxylic acids is 1. The van der Waals surface area contributed by atoms with Gasteiger partial charge in [0.05, 0.1) is 0 Å². The standard InChI is InChI=1S/C15H14N2O3/c18-14(19)10-16-8-3-6-13(16)15(20)17-9-7-11-4-1-2-5-12(11)17/h1-6,8H,7,9-10H2,(H,18,19). The smallest absolute Gasteiger partial charge is 0.323 e. The average molecular weight is 270 g/mol. The molecule has 1 aliphatic heterocycles. The van der Waals surface area contributed by atoms with Crippen LogP contribution in [0.15, 0.2) is 42.6 Å². The van der Waals surface area contributed by atoms with Gasteiger partial charge in [-0.05, 0) is 30.2 Å². The van der Waals surface area contributed by atoms with E-state index in [1.807, 2.05) is 24.3 Å². The SMILES string of the molecule is O=C(O)Cn1cccc1C(=O)N1CCc2ccccc21. The lowest BCUT2D eigenvalue weighted by molar-refractivity contribution is -0.137. The minimum absolute atomic E-state index is 0.152. The number of carboxylic acid groups (broad SMARTS) is 1. The van der Waals surface area contributed by atoms with Gasteiger partial charge in [0.2, 0.25) is 0 Å². The van der Waals surface area contributed by atoms with Gasteiger partial charge in [0.15, 0.2) is 0 Å². The monoisotopic (exact) mass is 270 g/mol. The van der Waals surface area contributed by atoms with Crippen LogP contribution < -0.4 is 4.90 Å². The Bertz CT molecular complexity index is 675. The van der Waals surface area contributed by atoms with Crippen molar-refractivity contribution in [3.05, 3.63) is 53.9 Å². The van der Waals surface area contributed by atoms with Crippen molar-refractivity contribution in [3.63, 3.8) is 0 Å². The molecular weight excluding hydrogens is 256 g/mol. The van der Waals surface area contributed by atoms with Gasteiger partial charge >= 0.3 is 5.97 Å². The van der Waals surface area contributed by atoms with Gasteiger partial charge in [0, 0.05) is 18.4 Å². The molecule has 1 aromatic heterocycles. The Morgan fingerprint density at radius 1 is 1.15 bits per heavy atom. The zero-order valence-electron chi connectivity index (χ0n) is 10.8. The van der Waals surface area contributed by atoms with Crippen molar-refractivity contribution in [1.29, 1.82) is 0 Å². The van der Waals surface area contributed by atoms with Crippen LogP contribution in [0.1, 0.15) is 16.1 Å². The lowest BCUT2D eigenvalue weighted by Gasteiger charge is -2.18. The zero-order valence-corrected chi connectivity index (χ0v) is 10.8. The molecule has 0 aliphatic carbocycles. The van der Waals surface area contributed by atoms with Crippen LogP contribution in [0.25, 0.3) is 0 Å². The maximum atomic E-state index is 12.6. The number of hydrogen-bond donors (Lipinski definition) is 1. The normalized spacial score (nSPS) is 13.3. The van der Waals surface area contributed by atoms with Crippen molar-refractivity contribution in [2.45, 2.75) is 13.0 Å². The summed E-state index contributed by atoms with van der Waals surface area (Å²) < 4.78 is 1.46. The quantitative estimate of drug-likeness (QED) is 0.924. The highest BCUT2D eigenvalue weighted by Crippen LogP contribution is 2.28. The molecule has 0 spiro atoms. The van der Waals surface area contributed by atoms with Crippen molar-refractivity contribution in [2.75, 3.05) is 11.4 Å². The van der Waals surface area contributed by atoms with Crippen LogP contribution in [0.4, 0.5) is 5.69 Å². The first-order valence-electron chi connectivity index (χ1n) is 6.43. The minimum Gasteiger partial charge on any atom is -0.480 e. The van der Waals surface area contributed by atoms with Crippen LogP contribution in [0.2, 0.25) is 0 Å². The van der Waals surface area contributed by atoms with Gasteiger partial charge in [0.25, 0.3) is 5.91 Å². The highest BCUT2D eigenvalue weighted by Gasteiger charge is 2.26. The van der Waals surface area contributed by atoms with Gasteiger partial charge in [-0.15, -0.1) is 0 Å². The minimum atomic E-state index is -0.961. The summed E-state index contributed by atoms with van der Waals surface area (Å²) in [4.78, 5) is 25.1. The molecule has 0 atom stereocenters. The van der Waals surface area contributed by atoms with Crippen molar-refractivity contribution >= 4 is 17.6 Å². The molecule has 5 nitrogen and oxygen atoms in total. The van der Waals surface area contributed by atoms with Gasteiger partial charge < -0.3 is 14.6 Å². The molecule has 1 amide bonds. The second-order valence-electron chi connectivity index (χ2n) is 4.75. The van der Waals surface area contributed by atoms with E-state index in [-0.39, 0.29) is 12.5 Å². The lowest BCUT2D eigenvalue weighted by atomic mass is 10.2. The average Bonchev–Trinajstić information content (AvgIpc) is 3.03. The van der Waals surface area contributed by atoms with Crippen molar-refractivity contribution in [1.82, 2.24) is 4.57 Å². The largest absolute Gasteiger partial charge is 0.480 e. The number of para-hydroxylation sites is 1. The topological polar surface area (TPSA) is 62.5 Å². The molecule has 0 saturated heterocycles. The number of aliphatic carboxylic acids is 1. The molecule has 20 heavy (non-hydrogen) atoms.